The molecule has 1 fully saturated rings. The SMILES string of the molecule is CC(N)C1CN(Cc2ccc(Cl)c(F)c2)CCO1. The Labute approximate surface area is 112 Å². The zero-order valence-corrected chi connectivity index (χ0v) is 11.2. The molecule has 0 bridgehead atoms. The molecule has 0 radical (unpaired) electrons. The third-order valence-corrected chi connectivity index (χ3v) is 3.46. The maximum Gasteiger partial charge on any atom is 0.142 e. The number of halogens is 2. The van der Waals surface area contributed by atoms with Gasteiger partial charge in [-0.3, -0.25) is 4.90 Å². The fourth-order valence-electron chi connectivity index (χ4n) is 2.09. The van der Waals surface area contributed by atoms with Crippen LogP contribution < -0.4 is 5.73 Å². The normalized spacial score (nSPS) is 23.0. The zero-order valence-electron chi connectivity index (χ0n) is 10.4. The molecule has 5 heteroatoms. The van der Waals surface area contributed by atoms with E-state index < -0.39 is 0 Å². The minimum Gasteiger partial charge on any atom is -0.374 e. The first kappa shape index (κ1) is 13.7. The van der Waals surface area contributed by atoms with Gasteiger partial charge in [0.15, 0.2) is 0 Å². The Bertz CT molecular complexity index is 414. The fourth-order valence-corrected chi connectivity index (χ4v) is 2.21. The lowest BCUT2D eigenvalue weighted by Gasteiger charge is -2.34. The summed E-state index contributed by atoms with van der Waals surface area (Å²) in [7, 11) is 0. The van der Waals surface area contributed by atoms with E-state index in [9.17, 15) is 4.39 Å². The lowest BCUT2D eigenvalue weighted by atomic mass is 10.1. The minimum absolute atomic E-state index is 0.00903. The van der Waals surface area contributed by atoms with Crippen LogP contribution in [0, 0.1) is 5.82 Å². The first-order valence-electron chi connectivity index (χ1n) is 6.09. The van der Waals surface area contributed by atoms with Gasteiger partial charge in [-0.05, 0) is 24.6 Å². The molecule has 1 aliphatic rings. The number of ether oxygens (including phenoxy) is 1. The average Bonchev–Trinajstić information content (AvgIpc) is 2.34. The summed E-state index contributed by atoms with van der Waals surface area (Å²) in [5.74, 6) is -0.369. The Morgan fingerprint density at radius 3 is 3.06 bits per heavy atom. The lowest BCUT2D eigenvalue weighted by Crippen LogP contribution is -2.49. The van der Waals surface area contributed by atoms with Gasteiger partial charge in [0.2, 0.25) is 0 Å². The number of benzene rings is 1. The molecule has 2 N–H and O–H groups in total. The third kappa shape index (κ3) is 3.42. The molecule has 2 unspecified atom stereocenters. The Morgan fingerprint density at radius 1 is 1.61 bits per heavy atom. The second-order valence-electron chi connectivity index (χ2n) is 4.75. The predicted molar refractivity (Wildman–Crippen MR) is 70.1 cm³/mol. The first-order valence-corrected chi connectivity index (χ1v) is 6.47. The Morgan fingerprint density at radius 2 is 2.39 bits per heavy atom. The Kier molecular flexibility index (Phi) is 4.56. The molecule has 0 aromatic heterocycles. The highest BCUT2D eigenvalue weighted by Crippen LogP contribution is 2.18. The molecule has 3 nitrogen and oxygen atoms in total. The van der Waals surface area contributed by atoms with Crippen LogP contribution in [0.3, 0.4) is 0 Å². The summed E-state index contributed by atoms with van der Waals surface area (Å²) in [6.45, 7) is 4.93. The van der Waals surface area contributed by atoms with Gasteiger partial charge in [0.05, 0.1) is 17.7 Å². The number of morpholine rings is 1. The molecule has 0 saturated carbocycles. The van der Waals surface area contributed by atoms with Crippen LogP contribution in [-0.4, -0.2) is 36.7 Å². The standard InChI is InChI=1S/C13H18ClFN2O/c1-9(16)13-8-17(4-5-18-13)7-10-2-3-11(14)12(15)6-10/h2-3,6,9,13H,4-5,7-8,16H2,1H3. The second-order valence-corrected chi connectivity index (χ2v) is 5.16. The Hall–Kier alpha value is -0.680. The summed E-state index contributed by atoms with van der Waals surface area (Å²) in [5.41, 5.74) is 6.76. The highest BCUT2D eigenvalue weighted by Gasteiger charge is 2.23. The van der Waals surface area contributed by atoms with E-state index in [4.69, 9.17) is 22.1 Å². The smallest absolute Gasteiger partial charge is 0.142 e. The van der Waals surface area contributed by atoms with Crippen molar-refractivity contribution in [1.29, 1.82) is 0 Å². The number of hydrogen-bond donors (Lipinski definition) is 1. The molecular weight excluding hydrogens is 255 g/mol. The quantitative estimate of drug-likeness (QED) is 0.915. The van der Waals surface area contributed by atoms with Crippen LogP contribution in [0.1, 0.15) is 12.5 Å². The van der Waals surface area contributed by atoms with Gasteiger partial charge >= 0.3 is 0 Å². The number of nitrogens with zero attached hydrogens (tertiary/aromatic N) is 1. The van der Waals surface area contributed by atoms with Crippen molar-refractivity contribution in [2.45, 2.75) is 25.6 Å². The number of rotatable bonds is 3. The van der Waals surface area contributed by atoms with E-state index in [0.717, 1.165) is 18.7 Å². The van der Waals surface area contributed by atoms with Gasteiger partial charge in [-0.1, -0.05) is 17.7 Å². The van der Waals surface area contributed by atoms with E-state index in [0.29, 0.717) is 13.2 Å². The number of nitrogens with two attached hydrogens (primary N) is 1. The molecule has 18 heavy (non-hydrogen) atoms. The van der Waals surface area contributed by atoms with Crippen LogP contribution >= 0.6 is 11.6 Å². The van der Waals surface area contributed by atoms with Crippen molar-refractivity contribution in [3.63, 3.8) is 0 Å². The van der Waals surface area contributed by atoms with Crippen LogP contribution in [0.25, 0.3) is 0 Å². The summed E-state index contributed by atoms with van der Waals surface area (Å²) in [5, 5.41) is 0.161. The second kappa shape index (κ2) is 5.97. The van der Waals surface area contributed by atoms with Crippen LogP contribution in [-0.2, 0) is 11.3 Å². The van der Waals surface area contributed by atoms with E-state index >= 15 is 0 Å². The maximum atomic E-state index is 13.3. The van der Waals surface area contributed by atoms with E-state index in [-0.39, 0.29) is 23.0 Å². The largest absolute Gasteiger partial charge is 0.374 e. The van der Waals surface area contributed by atoms with Crippen molar-refractivity contribution in [3.8, 4) is 0 Å². The summed E-state index contributed by atoms with van der Waals surface area (Å²) in [6, 6.07) is 4.94. The fraction of sp³-hybridized carbons (Fsp3) is 0.538. The van der Waals surface area contributed by atoms with Crippen LogP contribution in [0.4, 0.5) is 4.39 Å². The molecule has 1 heterocycles. The van der Waals surface area contributed by atoms with E-state index in [1.54, 1.807) is 6.07 Å². The molecular formula is C13H18ClFN2O. The molecule has 1 saturated heterocycles. The van der Waals surface area contributed by atoms with Crippen molar-refractivity contribution in [2.75, 3.05) is 19.7 Å². The van der Waals surface area contributed by atoms with Crippen molar-refractivity contribution in [3.05, 3.63) is 34.6 Å². The van der Waals surface area contributed by atoms with Gasteiger partial charge in [-0.25, -0.2) is 4.39 Å². The first-order chi connectivity index (χ1) is 8.56. The molecule has 2 rings (SSSR count). The topological polar surface area (TPSA) is 38.5 Å². The van der Waals surface area contributed by atoms with E-state index in [2.05, 4.69) is 4.90 Å². The van der Waals surface area contributed by atoms with Gasteiger partial charge in [0.25, 0.3) is 0 Å². The molecule has 0 spiro atoms. The van der Waals surface area contributed by atoms with Gasteiger partial charge in [0, 0.05) is 25.7 Å². The molecule has 1 aromatic carbocycles. The maximum absolute atomic E-state index is 13.3. The van der Waals surface area contributed by atoms with Gasteiger partial charge in [0.1, 0.15) is 5.82 Å². The van der Waals surface area contributed by atoms with Crippen molar-refractivity contribution >= 4 is 11.6 Å². The molecule has 0 aliphatic carbocycles. The van der Waals surface area contributed by atoms with Crippen molar-refractivity contribution < 1.29 is 9.13 Å². The molecule has 100 valence electrons. The van der Waals surface area contributed by atoms with Crippen LogP contribution in [0.2, 0.25) is 5.02 Å². The molecule has 2 atom stereocenters. The average molecular weight is 273 g/mol. The van der Waals surface area contributed by atoms with Crippen LogP contribution in [0.15, 0.2) is 18.2 Å². The van der Waals surface area contributed by atoms with Crippen molar-refractivity contribution in [1.82, 2.24) is 4.90 Å². The summed E-state index contributed by atoms with van der Waals surface area (Å²) < 4.78 is 18.9. The molecule has 1 aliphatic heterocycles. The van der Waals surface area contributed by atoms with E-state index in [1.165, 1.54) is 6.07 Å². The zero-order chi connectivity index (χ0) is 13.1. The van der Waals surface area contributed by atoms with Gasteiger partial charge in [-0.15, -0.1) is 0 Å². The summed E-state index contributed by atoms with van der Waals surface area (Å²) >= 11 is 5.66. The highest BCUT2D eigenvalue weighted by atomic mass is 35.5. The minimum atomic E-state index is -0.369. The Balaban J connectivity index is 1.98. The van der Waals surface area contributed by atoms with Crippen molar-refractivity contribution in [2.24, 2.45) is 5.73 Å². The summed E-state index contributed by atoms with van der Waals surface area (Å²) in [6.07, 6.45) is 0.0518. The van der Waals surface area contributed by atoms with Gasteiger partial charge in [-0.2, -0.15) is 0 Å². The summed E-state index contributed by atoms with van der Waals surface area (Å²) in [4.78, 5) is 2.22. The number of hydrogen-bond acceptors (Lipinski definition) is 3. The lowest BCUT2D eigenvalue weighted by molar-refractivity contribution is -0.0403. The predicted octanol–water partition coefficient (Wildman–Crippen LogP) is 2.03. The van der Waals surface area contributed by atoms with E-state index in [1.807, 2.05) is 13.0 Å². The third-order valence-electron chi connectivity index (χ3n) is 3.15. The molecule has 0 amide bonds. The molecule has 1 aromatic rings. The van der Waals surface area contributed by atoms with Gasteiger partial charge < -0.3 is 10.5 Å². The highest BCUT2D eigenvalue weighted by molar-refractivity contribution is 6.30. The van der Waals surface area contributed by atoms with Crippen LogP contribution in [0.5, 0.6) is 0 Å². The monoisotopic (exact) mass is 272 g/mol.